The predicted molar refractivity (Wildman–Crippen MR) is 77.1 cm³/mol. The number of aliphatic carboxylic acids is 1. The minimum atomic E-state index is -0.885. The molecule has 19 heavy (non-hydrogen) atoms. The van der Waals surface area contributed by atoms with Crippen LogP contribution in [-0.2, 0) is 16.0 Å². The summed E-state index contributed by atoms with van der Waals surface area (Å²) in [6.45, 7) is 4.63. The molecule has 104 valence electrons. The molecule has 0 fully saturated rings. The van der Waals surface area contributed by atoms with Gasteiger partial charge in [-0.3, -0.25) is 9.59 Å². The van der Waals surface area contributed by atoms with Crippen LogP contribution in [0.1, 0.15) is 24.5 Å². The summed E-state index contributed by atoms with van der Waals surface area (Å²) >= 11 is 3.44. The molecule has 0 aromatic heterocycles. The van der Waals surface area contributed by atoms with Gasteiger partial charge < -0.3 is 10.0 Å². The highest BCUT2D eigenvalue weighted by atomic mass is 79.9. The van der Waals surface area contributed by atoms with Gasteiger partial charge in [0, 0.05) is 17.6 Å². The Bertz CT molecular complexity index is 474. The molecule has 0 aliphatic rings. The van der Waals surface area contributed by atoms with E-state index in [2.05, 4.69) is 15.9 Å². The van der Waals surface area contributed by atoms with Crippen molar-refractivity contribution in [1.82, 2.24) is 4.90 Å². The highest BCUT2D eigenvalue weighted by Crippen LogP contribution is 2.18. The van der Waals surface area contributed by atoms with Crippen molar-refractivity contribution < 1.29 is 14.7 Å². The van der Waals surface area contributed by atoms with Gasteiger partial charge in [0.05, 0.1) is 12.8 Å². The first kappa shape index (κ1) is 15.7. The van der Waals surface area contributed by atoms with Crippen molar-refractivity contribution in [3.05, 3.63) is 33.8 Å². The van der Waals surface area contributed by atoms with Crippen molar-refractivity contribution in [2.75, 3.05) is 13.1 Å². The van der Waals surface area contributed by atoms with Crippen molar-refractivity contribution in [1.29, 1.82) is 0 Å². The molecule has 0 bridgehead atoms. The van der Waals surface area contributed by atoms with Gasteiger partial charge in [-0.25, -0.2) is 0 Å². The molecule has 5 heteroatoms. The molecule has 0 unspecified atom stereocenters. The lowest BCUT2D eigenvalue weighted by atomic mass is 10.1. The quantitative estimate of drug-likeness (QED) is 0.873. The van der Waals surface area contributed by atoms with Gasteiger partial charge in [0.15, 0.2) is 0 Å². The van der Waals surface area contributed by atoms with Gasteiger partial charge in [0.25, 0.3) is 0 Å². The summed E-state index contributed by atoms with van der Waals surface area (Å²) in [5, 5.41) is 8.65. The number of carboxylic acids is 1. The molecule has 0 saturated heterocycles. The summed E-state index contributed by atoms with van der Waals surface area (Å²) < 4.78 is 0.978. The van der Waals surface area contributed by atoms with E-state index in [1.165, 1.54) is 0 Å². The lowest BCUT2D eigenvalue weighted by Gasteiger charge is -2.20. The number of nitrogens with zero attached hydrogens (tertiary/aromatic N) is 1. The Kier molecular flexibility index (Phi) is 6.02. The van der Waals surface area contributed by atoms with Crippen molar-refractivity contribution in [2.24, 2.45) is 0 Å². The molecule has 0 radical (unpaired) electrons. The Morgan fingerprint density at radius 3 is 2.58 bits per heavy atom. The van der Waals surface area contributed by atoms with Gasteiger partial charge >= 0.3 is 5.97 Å². The summed E-state index contributed by atoms with van der Waals surface area (Å²) in [5.41, 5.74) is 2.05. The summed E-state index contributed by atoms with van der Waals surface area (Å²) in [7, 11) is 0. The largest absolute Gasteiger partial charge is 0.481 e. The second kappa shape index (κ2) is 7.28. The van der Waals surface area contributed by atoms with Crippen LogP contribution in [0.15, 0.2) is 22.7 Å². The number of carbonyl (C=O) groups excluding carboxylic acids is 1. The van der Waals surface area contributed by atoms with Crippen LogP contribution in [0.2, 0.25) is 0 Å². The van der Waals surface area contributed by atoms with Crippen molar-refractivity contribution in [3.8, 4) is 0 Å². The van der Waals surface area contributed by atoms with Gasteiger partial charge in [-0.15, -0.1) is 0 Å². The zero-order chi connectivity index (χ0) is 14.4. The van der Waals surface area contributed by atoms with Gasteiger partial charge in [-0.2, -0.15) is 0 Å². The summed E-state index contributed by atoms with van der Waals surface area (Å²) in [6.07, 6.45) is 0.281. The third kappa shape index (κ3) is 5.03. The average molecular weight is 328 g/mol. The van der Waals surface area contributed by atoms with E-state index in [1.54, 1.807) is 4.90 Å². The number of hydrogen-bond acceptors (Lipinski definition) is 2. The summed E-state index contributed by atoms with van der Waals surface area (Å²) in [4.78, 5) is 24.2. The Hall–Kier alpha value is -1.36. The molecule has 4 nitrogen and oxygen atoms in total. The van der Waals surface area contributed by atoms with Crippen molar-refractivity contribution in [2.45, 2.75) is 26.7 Å². The van der Waals surface area contributed by atoms with E-state index in [9.17, 15) is 9.59 Å². The standard InChI is InChI=1S/C14H18BrNO3/c1-3-16(7-6-14(18)19)13(17)9-11-5-4-10(2)12(15)8-11/h4-5,8H,3,6-7,9H2,1-2H3,(H,18,19). The number of aryl methyl sites for hydroxylation is 1. The van der Waals surface area contributed by atoms with Crippen LogP contribution < -0.4 is 0 Å². The number of halogens is 1. The summed E-state index contributed by atoms with van der Waals surface area (Å²) in [6, 6.07) is 5.81. The molecule has 1 N–H and O–H groups in total. The number of benzene rings is 1. The Balaban J connectivity index is 2.65. The number of amides is 1. The van der Waals surface area contributed by atoms with E-state index in [-0.39, 0.29) is 18.9 Å². The van der Waals surface area contributed by atoms with E-state index in [1.807, 2.05) is 32.0 Å². The highest BCUT2D eigenvalue weighted by molar-refractivity contribution is 9.10. The predicted octanol–water partition coefficient (Wildman–Crippen LogP) is 2.62. The van der Waals surface area contributed by atoms with Gasteiger partial charge in [-0.05, 0) is 31.0 Å². The van der Waals surface area contributed by atoms with Gasteiger partial charge in [0.2, 0.25) is 5.91 Å². The van der Waals surface area contributed by atoms with E-state index < -0.39 is 5.97 Å². The SMILES string of the molecule is CCN(CCC(=O)O)C(=O)Cc1ccc(C)c(Br)c1. The first-order chi connectivity index (χ1) is 8.93. The third-order valence-electron chi connectivity index (χ3n) is 2.92. The van der Waals surface area contributed by atoms with E-state index in [4.69, 9.17) is 5.11 Å². The minimum absolute atomic E-state index is 0.0167. The fourth-order valence-electron chi connectivity index (χ4n) is 1.72. The maximum atomic E-state index is 12.1. The maximum absolute atomic E-state index is 12.1. The zero-order valence-corrected chi connectivity index (χ0v) is 12.7. The van der Waals surface area contributed by atoms with Gasteiger partial charge in [-0.1, -0.05) is 28.1 Å². The fourth-order valence-corrected chi connectivity index (χ4v) is 2.15. The number of carboxylic acid groups (broad SMARTS) is 1. The normalized spacial score (nSPS) is 10.3. The first-order valence-electron chi connectivity index (χ1n) is 6.18. The Labute approximate surface area is 121 Å². The minimum Gasteiger partial charge on any atom is -0.481 e. The fraction of sp³-hybridized carbons (Fsp3) is 0.429. The average Bonchev–Trinajstić information content (AvgIpc) is 2.34. The molecule has 0 aliphatic carbocycles. The molecular formula is C14H18BrNO3. The van der Waals surface area contributed by atoms with Crippen LogP contribution in [0, 0.1) is 6.92 Å². The smallest absolute Gasteiger partial charge is 0.305 e. The van der Waals surface area contributed by atoms with Crippen LogP contribution in [0.25, 0.3) is 0 Å². The van der Waals surface area contributed by atoms with E-state index in [0.717, 1.165) is 15.6 Å². The molecule has 1 amide bonds. The maximum Gasteiger partial charge on any atom is 0.305 e. The van der Waals surface area contributed by atoms with Crippen LogP contribution in [-0.4, -0.2) is 35.0 Å². The number of rotatable bonds is 6. The summed E-state index contributed by atoms with van der Waals surface area (Å²) in [5.74, 6) is -0.927. The van der Waals surface area contributed by atoms with Crippen LogP contribution in [0.3, 0.4) is 0 Å². The molecule has 0 spiro atoms. The monoisotopic (exact) mass is 327 g/mol. The molecule has 0 atom stereocenters. The number of hydrogen-bond donors (Lipinski definition) is 1. The molecule has 1 aromatic rings. The zero-order valence-electron chi connectivity index (χ0n) is 11.1. The van der Waals surface area contributed by atoms with Crippen molar-refractivity contribution in [3.63, 3.8) is 0 Å². The Morgan fingerprint density at radius 1 is 1.37 bits per heavy atom. The number of likely N-dealkylation sites (N-methyl/N-ethyl adjacent to an activating group) is 1. The molecule has 0 saturated carbocycles. The second-order valence-electron chi connectivity index (χ2n) is 4.38. The van der Waals surface area contributed by atoms with Crippen molar-refractivity contribution >= 4 is 27.8 Å². The lowest BCUT2D eigenvalue weighted by Crippen LogP contribution is -2.34. The molecule has 1 rings (SSSR count). The molecule has 0 aliphatic heterocycles. The molecule has 0 heterocycles. The van der Waals surface area contributed by atoms with E-state index >= 15 is 0 Å². The third-order valence-corrected chi connectivity index (χ3v) is 3.78. The second-order valence-corrected chi connectivity index (χ2v) is 5.23. The van der Waals surface area contributed by atoms with Crippen LogP contribution in [0.4, 0.5) is 0 Å². The molecule has 1 aromatic carbocycles. The molecular weight excluding hydrogens is 310 g/mol. The van der Waals surface area contributed by atoms with Crippen LogP contribution in [0.5, 0.6) is 0 Å². The Morgan fingerprint density at radius 2 is 2.05 bits per heavy atom. The topological polar surface area (TPSA) is 57.6 Å². The lowest BCUT2D eigenvalue weighted by molar-refractivity contribution is -0.138. The van der Waals surface area contributed by atoms with Crippen LogP contribution >= 0.6 is 15.9 Å². The van der Waals surface area contributed by atoms with E-state index in [0.29, 0.717) is 13.0 Å². The van der Waals surface area contributed by atoms with Gasteiger partial charge in [0.1, 0.15) is 0 Å². The highest BCUT2D eigenvalue weighted by Gasteiger charge is 2.13. The number of carbonyl (C=O) groups is 2. The first-order valence-corrected chi connectivity index (χ1v) is 6.98.